The van der Waals surface area contributed by atoms with Crippen molar-refractivity contribution >= 4 is 35.7 Å². The fourth-order valence-electron chi connectivity index (χ4n) is 6.03. The maximum atomic E-state index is 13.5. The van der Waals surface area contributed by atoms with Gasteiger partial charge in [-0.1, -0.05) is 66.7 Å². The number of rotatable bonds is 19. The SMILES string of the molecule is COC(=O)CCNC(=O)CCNC(=O)c1cccc(C(=O)N[C@@H](CCCCN(C(=O)OC(C)(C)C)C2CC2c2ccccc2)C(=O)NCc2ccccc2)c1. The number of amides is 5. The number of carbonyl (C=O) groups is 6. The van der Waals surface area contributed by atoms with Gasteiger partial charge in [0.05, 0.1) is 13.5 Å². The van der Waals surface area contributed by atoms with Crippen LogP contribution in [0.2, 0.25) is 0 Å². The molecule has 55 heavy (non-hydrogen) atoms. The van der Waals surface area contributed by atoms with Crippen molar-refractivity contribution in [2.45, 2.75) is 89.4 Å². The number of unbranched alkanes of at least 4 members (excludes halogenated alkanes) is 1. The summed E-state index contributed by atoms with van der Waals surface area (Å²) in [6.45, 7) is 6.40. The Morgan fingerprint density at radius 3 is 2.11 bits per heavy atom. The summed E-state index contributed by atoms with van der Waals surface area (Å²) in [5.41, 5.74) is 1.83. The third-order valence-electron chi connectivity index (χ3n) is 8.99. The summed E-state index contributed by atoms with van der Waals surface area (Å²) in [6.07, 6.45) is 1.93. The van der Waals surface area contributed by atoms with Crippen molar-refractivity contribution in [2.75, 3.05) is 26.7 Å². The summed E-state index contributed by atoms with van der Waals surface area (Å²) in [5.74, 6) is -1.91. The fraction of sp³-hybridized carbons (Fsp3) is 0.429. The molecular weight excluding hydrogens is 702 g/mol. The average molecular weight is 756 g/mol. The fourth-order valence-corrected chi connectivity index (χ4v) is 6.03. The first-order valence-electron chi connectivity index (χ1n) is 18.7. The van der Waals surface area contributed by atoms with Gasteiger partial charge in [0, 0.05) is 55.7 Å². The van der Waals surface area contributed by atoms with Gasteiger partial charge >= 0.3 is 12.1 Å². The van der Waals surface area contributed by atoms with E-state index >= 15 is 0 Å². The second-order valence-electron chi connectivity index (χ2n) is 14.5. The van der Waals surface area contributed by atoms with E-state index in [1.54, 1.807) is 23.1 Å². The van der Waals surface area contributed by atoms with Gasteiger partial charge in [-0.05, 0) is 75.8 Å². The van der Waals surface area contributed by atoms with Crippen molar-refractivity contribution in [3.05, 3.63) is 107 Å². The highest BCUT2D eigenvalue weighted by Crippen LogP contribution is 2.45. The average Bonchev–Trinajstić information content (AvgIpc) is 3.97. The van der Waals surface area contributed by atoms with Crippen LogP contribution in [0.25, 0.3) is 0 Å². The molecule has 1 aliphatic rings. The molecule has 13 nitrogen and oxygen atoms in total. The smallest absolute Gasteiger partial charge is 0.410 e. The number of hydrogen-bond acceptors (Lipinski definition) is 8. The summed E-state index contributed by atoms with van der Waals surface area (Å²) in [4.78, 5) is 78.3. The Balaban J connectivity index is 1.36. The van der Waals surface area contributed by atoms with Crippen LogP contribution in [0.5, 0.6) is 0 Å². The molecule has 0 aliphatic heterocycles. The molecule has 0 spiro atoms. The third kappa shape index (κ3) is 14.2. The summed E-state index contributed by atoms with van der Waals surface area (Å²) in [6, 6.07) is 24.8. The highest BCUT2D eigenvalue weighted by Gasteiger charge is 2.45. The van der Waals surface area contributed by atoms with Gasteiger partial charge in [-0.3, -0.25) is 24.0 Å². The molecule has 0 bridgehead atoms. The quantitative estimate of drug-likeness (QED) is 0.0992. The molecule has 0 heterocycles. The molecule has 3 aromatic carbocycles. The zero-order valence-corrected chi connectivity index (χ0v) is 32.1. The van der Waals surface area contributed by atoms with Gasteiger partial charge in [-0.15, -0.1) is 0 Å². The Bertz CT molecular complexity index is 1760. The number of benzene rings is 3. The molecule has 0 saturated heterocycles. The first kappa shape index (κ1) is 42.0. The third-order valence-corrected chi connectivity index (χ3v) is 8.99. The van der Waals surface area contributed by atoms with Crippen molar-refractivity contribution in [2.24, 2.45) is 0 Å². The Hall–Kier alpha value is -5.72. The Morgan fingerprint density at radius 2 is 1.44 bits per heavy atom. The lowest BCUT2D eigenvalue weighted by Gasteiger charge is -2.28. The predicted molar refractivity (Wildman–Crippen MR) is 207 cm³/mol. The first-order chi connectivity index (χ1) is 26.3. The zero-order valence-electron chi connectivity index (χ0n) is 32.1. The van der Waals surface area contributed by atoms with Gasteiger partial charge in [0.2, 0.25) is 11.8 Å². The van der Waals surface area contributed by atoms with Gasteiger partial charge in [0.1, 0.15) is 11.6 Å². The molecule has 4 N–H and O–H groups in total. The Labute approximate surface area is 322 Å². The molecule has 2 unspecified atom stereocenters. The second kappa shape index (κ2) is 20.7. The van der Waals surface area contributed by atoms with Gasteiger partial charge < -0.3 is 35.6 Å². The van der Waals surface area contributed by atoms with Crippen LogP contribution in [0.15, 0.2) is 84.9 Å². The van der Waals surface area contributed by atoms with Crippen LogP contribution in [0.4, 0.5) is 4.79 Å². The summed E-state index contributed by atoms with van der Waals surface area (Å²) in [7, 11) is 1.27. The number of nitrogens with zero attached hydrogens (tertiary/aromatic N) is 1. The highest BCUT2D eigenvalue weighted by atomic mass is 16.6. The molecule has 1 saturated carbocycles. The number of esters is 1. The maximum absolute atomic E-state index is 13.5. The first-order valence-corrected chi connectivity index (χ1v) is 18.7. The predicted octanol–water partition coefficient (Wildman–Crippen LogP) is 4.86. The molecule has 1 fully saturated rings. The minimum absolute atomic E-state index is 0.00331. The van der Waals surface area contributed by atoms with E-state index in [1.165, 1.54) is 18.7 Å². The molecule has 5 amide bonds. The lowest BCUT2D eigenvalue weighted by atomic mass is 10.1. The van der Waals surface area contributed by atoms with Crippen molar-refractivity contribution in [3.63, 3.8) is 0 Å². The molecule has 3 atom stereocenters. The summed E-state index contributed by atoms with van der Waals surface area (Å²) >= 11 is 0. The van der Waals surface area contributed by atoms with Crippen molar-refractivity contribution in [1.29, 1.82) is 0 Å². The normalized spacial score (nSPS) is 15.1. The number of methoxy groups -OCH3 is 1. The highest BCUT2D eigenvalue weighted by molar-refractivity contribution is 6.01. The van der Waals surface area contributed by atoms with E-state index in [1.807, 2.05) is 69.3 Å². The van der Waals surface area contributed by atoms with Gasteiger partial charge in [-0.25, -0.2) is 4.79 Å². The Morgan fingerprint density at radius 1 is 0.782 bits per heavy atom. The maximum Gasteiger partial charge on any atom is 0.410 e. The minimum atomic E-state index is -0.889. The van der Waals surface area contributed by atoms with E-state index in [0.29, 0.717) is 25.8 Å². The number of ether oxygens (including phenoxy) is 2. The van der Waals surface area contributed by atoms with Crippen molar-refractivity contribution in [3.8, 4) is 0 Å². The lowest BCUT2D eigenvalue weighted by molar-refractivity contribution is -0.140. The lowest BCUT2D eigenvalue weighted by Crippen LogP contribution is -2.46. The monoisotopic (exact) mass is 755 g/mol. The summed E-state index contributed by atoms with van der Waals surface area (Å²) < 4.78 is 10.3. The molecule has 1 aliphatic carbocycles. The minimum Gasteiger partial charge on any atom is -0.469 e. The van der Waals surface area contributed by atoms with E-state index in [9.17, 15) is 28.8 Å². The van der Waals surface area contributed by atoms with Crippen LogP contribution in [-0.4, -0.2) is 85.0 Å². The van der Waals surface area contributed by atoms with Crippen LogP contribution < -0.4 is 21.3 Å². The van der Waals surface area contributed by atoms with Crippen LogP contribution in [0.3, 0.4) is 0 Å². The standard InChI is InChI=1S/C42H53N5O8/c1-42(2,3)55-41(53)47(35-27-33(35)30-16-9-6-10-17-30)25-12-11-20-34(40(52)45-28-29-14-7-5-8-15-29)46-39(51)32-19-13-18-31(26-32)38(50)44-23-21-36(48)43-24-22-37(49)54-4/h5-10,13-19,26,33-35H,11-12,20-25,27-28H2,1-4H3,(H,43,48)(H,44,50)(H,45,52)(H,46,51)/t33?,34-,35?/m0/s1. The van der Waals surface area contributed by atoms with Crippen LogP contribution >= 0.6 is 0 Å². The van der Waals surface area contributed by atoms with Crippen LogP contribution in [0.1, 0.15) is 97.1 Å². The second-order valence-corrected chi connectivity index (χ2v) is 14.5. The zero-order chi connectivity index (χ0) is 39.8. The molecular formula is C42H53N5O8. The van der Waals surface area contributed by atoms with E-state index in [0.717, 1.165) is 12.0 Å². The molecule has 13 heteroatoms. The number of hydrogen-bond donors (Lipinski definition) is 4. The number of carbonyl (C=O) groups excluding carboxylic acids is 6. The van der Waals surface area contributed by atoms with Gasteiger partial charge in [0.15, 0.2) is 0 Å². The van der Waals surface area contributed by atoms with Crippen LogP contribution in [-0.2, 0) is 30.4 Å². The van der Waals surface area contributed by atoms with Crippen molar-refractivity contribution in [1.82, 2.24) is 26.2 Å². The molecule has 4 rings (SSSR count). The van der Waals surface area contributed by atoms with Gasteiger partial charge in [0.25, 0.3) is 11.8 Å². The molecule has 294 valence electrons. The van der Waals surface area contributed by atoms with E-state index in [4.69, 9.17) is 4.74 Å². The van der Waals surface area contributed by atoms with E-state index in [-0.39, 0.29) is 73.5 Å². The van der Waals surface area contributed by atoms with E-state index in [2.05, 4.69) is 38.1 Å². The molecule has 3 aromatic rings. The van der Waals surface area contributed by atoms with Crippen LogP contribution in [0, 0.1) is 0 Å². The van der Waals surface area contributed by atoms with Gasteiger partial charge in [-0.2, -0.15) is 0 Å². The largest absolute Gasteiger partial charge is 0.469 e. The summed E-state index contributed by atoms with van der Waals surface area (Å²) in [5, 5.41) is 11.0. The van der Waals surface area contributed by atoms with Crippen molar-refractivity contribution < 1.29 is 38.2 Å². The topological polar surface area (TPSA) is 172 Å². The Kier molecular flexibility index (Phi) is 15.8. The molecule has 0 aromatic heterocycles. The van der Waals surface area contributed by atoms with E-state index < -0.39 is 29.4 Å². The molecule has 0 radical (unpaired) electrons. The number of nitrogens with one attached hydrogen (secondary N) is 4.